The maximum atomic E-state index is 13.3. The molecule has 1 atom stereocenters. The second kappa shape index (κ2) is 9.93. The molecule has 31 heavy (non-hydrogen) atoms. The number of hydrogen-bond acceptors (Lipinski definition) is 8. The van der Waals surface area contributed by atoms with Gasteiger partial charge < -0.3 is 9.26 Å². The van der Waals surface area contributed by atoms with Crippen LogP contribution >= 0.6 is 11.8 Å². The van der Waals surface area contributed by atoms with Crippen molar-refractivity contribution in [3.63, 3.8) is 0 Å². The van der Waals surface area contributed by atoms with Crippen molar-refractivity contribution in [3.8, 4) is 0 Å². The van der Waals surface area contributed by atoms with E-state index in [1.165, 1.54) is 11.8 Å². The van der Waals surface area contributed by atoms with Gasteiger partial charge in [-0.1, -0.05) is 42.9 Å². The first-order valence-electron chi connectivity index (χ1n) is 10.8. The Bertz CT molecular complexity index is 1070. The van der Waals surface area contributed by atoms with Gasteiger partial charge in [-0.05, 0) is 25.5 Å². The summed E-state index contributed by atoms with van der Waals surface area (Å²) in [6.45, 7) is 11.1. The fraction of sp³-hybridized carbons (Fsp3) is 0.545. The van der Waals surface area contributed by atoms with Gasteiger partial charge in [0.1, 0.15) is 0 Å². The van der Waals surface area contributed by atoms with E-state index < -0.39 is 0 Å². The molecule has 8 nitrogen and oxygen atoms in total. The highest BCUT2D eigenvalue weighted by Gasteiger charge is 2.21. The summed E-state index contributed by atoms with van der Waals surface area (Å²) in [6.07, 6.45) is 0.875. The summed E-state index contributed by atoms with van der Waals surface area (Å²) >= 11 is 1.49. The maximum absolute atomic E-state index is 13.3. The molecule has 1 aliphatic heterocycles. The lowest BCUT2D eigenvalue weighted by Gasteiger charge is -2.26. The van der Waals surface area contributed by atoms with E-state index in [2.05, 4.69) is 15.0 Å². The van der Waals surface area contributed by atoms with Crippen LogP contribution in [0.1, 0.15) is 50.1 Å². The first-order valence-corrected chi connectivity index (χ1v) is 11.7. The van der Waals surface area contributed by atoms with Crippen LogP contribution in [0, 0.1) is 0 Å². The number of hydrogen-bond donors (Lipinski definition) is 0. The minimum Gasteiger partial charge on any atom is -0.379 e. The van der Waals surface area contributed by atoms with Crippen molar-refractivity contribution in [1.29, 1.82) is 0 Å². The van der Waals surface area contributed by atoms with Crippen LogP contribution in [-0.2, 0) is 11.3 Å². The summed E-state index contributed by atoms with van der Waals surface area (Å²) in [5.74, 6) is 1.44. The van der Waals surface area contributed by atoms with Crippen molar-refractivity contribution in [2.45, 2.75) is 50.1 Å². The fourth-order valence-corrected chi connectivity index (χ4v) is 4.53. The minimum atomic E-state index is -0.112. The highest BCUT2D eigenvalue weighted by molar-refractivity contribution is 7.99. The molecule has 9 heteroatoms. The monoisotopic (exact) mass is 443 g/mol. The van der Waals surface area contributed by atoms with Crippen LogP contribution in [0.25, 0.3) is 10.9 Å². The molecule has 3 heterocycles. The van der Waals surface area contributed by atoms with Crippen molar-refractivity contribution in [1.82, 2.24) is 24.6 Å². The van der Waals surface area contributed by atoms with Crippen LogP contribution in [0.3, 0.4) is 0 Å². The van der Waals surface area contributed by atoms with Crippen LogP contribution < -0.4 is 5.56 Å². The Morgan fingerprint density at radius 2 is 1.87 bits per heavy atom. The summed E-state index contributed by atoms with van der Waals surface area (Å²) in [7, 11) is 0. The molecule has 0 bridgehead atoms. The zero-order valence-electron chi connectivity index (χ0n) is 18.3. The number of ether oxygens (including phenoxy) is 1. The third-order valence-corrected chi connectivity index (χ3v) is 6.47. The lowest BCUT2D eigenvalue weighted by Crippen LogP contribution is -2.37. The number of para-hydroxylation sites is 1. The molecule has 1 aromatic carbocycles. The van der Waals surface area contributed by atoms with Gasteiger partial charge in [0.15, 0.2) is 11.0 Å². The average Bonchev–Trinajstić information content (AvgIpc) is 3.28. The normalized spacial score (nSPS) is 16.3. The molecule has 1 unspecified atom stereocenters. The Balaban J connectivity index is 1.57. The van der Waals surface area contributed by atoms with Gasteiger partial charge in [0.2, 0.25) is 5.89 Å². The van der Waals surface area contributed by atoms with E-state index in [-0.39, 0.29) is 16.7 Å². The van der Waals surface area contributed by atoms with Gasteiger partial charge in [-0.25, -0.2) is 4.98 Å². The van der Waals surface area contributed by atoms with Crippen molar-refractivity contribution in [2.75, 3.05) is 32.8 Å². The third kappa shape index (κ3) is 5.16. The number of benzene rings is 1. The molecule has 4 rings (SSSR count). The Hall–Kier alpha value is -2.23. The molecule has 0 saturated carbocycles. The van der Waals surface area contributed by atoms with Crippen molar-refractivity contribution in [2.24, 2.45) is 0 Å². The summed E-state index contributed by atoms with van der Waals surface area (Å²) in [5, 5.41) is 5.28. The Morgan fingerprint density at radius 1 is 1.10 bits per heavy atom. The van der Waals surface area contributed by atoms with E-state index in [4.69, 9.17) is 14.2 Å². The molecule has 1 aliphatic rings. The predicted molar refractivity (Wildman–Crippen MR) is 121 cm³/mol. The van der Waals surface area contributed by atoms with Crippen molar-refractivity contribution in [3.05, 3.63) is 46.3 Å². The fourth-order valence-electron chi connectivity index (χ4n) is 3.57. The standard InChI is InChI=1S/C22H29N5O3S/c1-15(2)19-24-20(30-25-19)16(3)31-22-23-18-8-5-4-7-17(18)21(28)27(22)10-6-9-26-11-13-29-14-12-26/h4-5,7-8,15-16H,6,9-14H2,1-3H3. The molecule has 0 aliphatic carbocycles. The van der Waals surface area contributed by atoms with Gasteiger partial charge >= 0.3 is 0 Å². The number of aromatic nitrogens is 4. The van der Waals surface area contributed by atoms with Gasteiger partial charge in [0, 0.05) is 32.1 Å². The molecule has 166 valence electrons. The topological polar surface area (TPSA) is 86.3 Å². The zero-order chi connectivity index (χ0) is 21.8. The summed E-state index contributed by atoms with van der Waals surface area (Å²) in [6, 6.07) is 7.51. The van der Waals surface area contributed by atoms with E-state index in [1.807, 2.05) is 45.0 Å². The van der Waals surface area contributed by atoms with Crippen molar-refractivity contribution < 1.29 is 9.26 Å². The third-order valence-electron chi connectivity index (χ3n) is 5.39. The van der Waals surface area contributed by atoms with Crippen molar-refractivity contribution >= 4 is 22.7 Å². The van der Waals surface area contributed by atoms with Crippen LogP contribution in [0.4, 0.5) is 0 Å². The first-order chi connectivity index (χ1) is 15.0. The Labute approximate surface area is 186 Å². The van der Waals surface area contributed by atoms with Crippen LogP contribution in [0.5, 0.6) is 0 Å². The Kier molecular flexibility index (Phi) is 7.04. The van der Waals surface area contributed by atoms with E-state index in [0.717, 1.165) is 39.3 Å². The lowest BCUT2D eigenvalue weighted by molar-refractivity contribution is 0.0368. The number of morpholine rings is 1. The SMILES string of the molecule is CC(C)c1noc(C(C)Sc2nc3ccccc3c(=O)n2CCCN2CCOCC2)n1. The quantitative estimate of drug-likeness (QED) is 0.386. The average molecular weight is 444 g/mol. The van der Waals surface area contributed by atoms with Gasteiger partial charge in [0.25, 0.3) is 5.56 Å². The van der Waals surface area contributed by atoms with Gasteiger partial charge in [-0.2, -0.15) is 4.98 Å². The molecule has 0 N–H and O–H groups in total. The molecule has 2 aromatic heterocycles. The van der Waals surface area contributed by atoms with Crippen LogP contribution in [0.15, 0.2) is 38.7 Å². The van der Waals surface area contributed by atoms with E-state index in [9.17, 15) is 4.79 Å². The van der Waals surface area contributed by atoms with E-state index >= 15 is 0 Å². The minimum absolute atomic E-state index is 0.00400. The van der Waals surface area contributed by atoms with E-state index in [0.29, 0.717) is 34.3 Å². The summed E-state index contributed by atoms with van der Waals surface area (Å²) in [4.78, 5) is 25.0. The molecule has 1 saturated heterocycles. The largest absolute Gasteiger partial charge is 0.379 e. The number of nitrogens with zero attached hydrogens (tertiary/aromatic N) is 5. The highest BCUT2D eigenvalue weighted by Crippen LogP contribution is 2.33. The van der Waals surface area contributed by atoms with Crippen LogP contribution in [0.2, 0.25) is 0 Å². The molecule has 0 amide bonds. The molecule has 3 aromatic rings. The number of rotatable bonds is 8. The second-order valence-corrected chi connectivity index (χ2v) is 9.39. The zero-order valence-corrected chi connectivity index (χ0v) is 19.1. The number of fused-ring (bicyclic) bond motifs is 1. The predicted octanol–water partition coefficient (Wildman–Crippen LogP) is 3.48. The van der Waals surface area contributed by atoms with E-state index in [1.54, 1.807) is 4.57 Å². The Morgan fingerprint density at radius 3 is 2.61 bits per heavy atom. The second-order valence-electron chi connectivity index (χ2n) is 8.08. The summed E-state index contributed by atoms with van der Waals surface area (Å²) in [5.41, 5.74) is 0.704. The number of thioether (sulfide) groups is 1. The molecular weight excluding hydrogens is 414 g/mol. The molecule has 0 spiro atoms. The van der Waals surface area contributed by atoms with Gasteiger partial charge in [0.05, 0.1) is 29.4 Å². The smallest absolute Gasteiger partial charge is 0.262 e. The summed E-state index contributed by atoms with van der Waals surface area (Å²) < 4.78 is 12.7. The molecular formula is C22H29N5O3S. The maximum Gasteiger partial charge on any atom is 0.262 e. The van der Waals surface area contributed by atoms with Gasteiger partial charge in [-0.15, -0.1) is 0 Å². The van der Waals surface area contributed by atoms with Crippen LogP contribution in [-0.4, -0.2) is 57.4 Å². The molecule has 1 fully saturated rings. The van der Waals surface area contributed by atoms with Gasteiger partial charge in [-0.3, -0.25) is 14.3 Å². The highest BCUT2D eigenvalue weighted by atomic mass is 32.2. The first kappa shape index (κ1) is 22.0. The lowest BCUT2D eigenvalue weighted by atomic mass is 10.2. The molecule has 0 radical (unpaired) electrons.